The molecule has 0 bridgehead atoms. The van der Waals surface area contributed by atoms with E-state index in [0.29, 0.717) is 12.3 Å². The quantitative estimate of drug-likeness (QED) is 0.760. The zero-order valence-corrected chi connectivity index (χ0v) is 17.1. The van der Waals surface area contributed by atoms with E-state index in [1.54, 1.807) is 21.1 Å². The highest BCUT2D eigenvalue weighted by Gasteiger charge is 2.26. The van der Waals surface area contributed by atoms with Crippen molar-refractivity contribution in [3.8, 4) is 11.5 Å². The van der Waals surface area contributed by atoms with E-state index >= 15 is 0 Å². The molecular formula is C22H28N2O4. The highest BCUT2D eigenvalue weighted by molar-refractivity contribution is 5.87. The second kappa shape index (κ2) is 9.78. The Kier molecular flexibility index (Phi) is 7.44. The number of carbonyl (C=O) groups is 2. The zero-order valence-electron chi connectivity index (χ0n) is 17.1. The summed E-state index contributed by atoms with van der Waals surface area (Å²) in [6, 6.07) is 12.6. The predicted molar refractivity (Wildman–Crippen MR) is 108 cm³/mol. The number of hydrogen-bond donors (Lipinski definition) is 1. The van der Waals surface area contributed by atoms with Gasteiger partial charge in [-0.05, 0) is 55.7 Å². The molecule has 0 saturated heterocycles. The Morgan fingerprint density at radius 1 is 1.11 bits per heavy atom. The van der Waals surface area contributed by atoms with Gasteiger partial charge < -0.3 is 19.7 Å². The Morgan fingerprint density at radius 3 is 2.39 bits per heavy atom. The molecule has 0 aliphatic rings. The Morgan fingerprint density at radius 2 is 1.79 bits per heavy atom. The summed E-state index contributed by atoms with van der Waals surface area (Å²) in [6.07, 6.45) is 0. The highest BCUT2D eigenvalue weighted by Crippen LogP contribution is 2.20. The second-order valence-corrected chi connectivity index (χ2v) is 6.72. The number of likely N-dealkylation sites (N-methyl/N-ethyl adjacent to an activating group) is 1. The smallest absolute Gasteiger partial charge is 0.261 e. The molecule has 0 unspecified atom stereocenters. The van der Waals surface area contributed by atoms with Crippen molar-refractivity contribution < 1.29 is 19.1 Å². The molecule has 28 heavy (non-hydrogen) atoms. The lowest BCUT2D eigenvalue weighted by Crippen LogP contribution is -2.48. The van der Waals surface area contributed by atoms with Crippen LogP contribution in [0.3, 0.4) is 0 Å². The van der Waals surface area contributed by atoms with Crippen molar-refractivity contribution in [1.82, 2.24) is 10.2 Å². The van der Waals surface area contributed by atoms with Gasteiger partial charge in [0.2, 0.25) is 5.91 Å². The number of methoxy groups -OCH3 is 1. The summed E-state index contributed by atoms with van der Waals surface area (Å²) >= 11 is 0. The van der Waals surface area contributed by atoms with E-state index in [-0.39, 0.29) is 18.4 Å². The molecule has 0 saturated carbocycles. The number of benzene rings is 2. The fraction of sp³-hybridized carbons (Fsp3) is 0.364. The van der Waals surface area contributed by atoms with Gasteiger partial charge in [-0.2, -0.15) is 0 Å². The SMILES string of the molecule is CNC(=O)[C@H](C)N(Cc1ccc(OC)cc1)C(=O)COc1cc(C)ccc1C. The number of amides is 2. The van der Waals surface area contributed by atoms with Crippen LogP contribution in [0, 0.1) is 13.8 Å². The largest absolute Gasteiger partial charge is 0.497 e. The molecule has 150 valence electrons. The van der Waals surface area contributed by atoms with E-state index < -0.39 is 6.04 Å². The minimum atomic E-state index is -0.623. The monoisotopic (exact) mass is 384 g/mol. The molecule has 0 radical (unpaired) electrons. The van der Waals surface area contributed by atoms with Crippen LogP contribution in [0.1, 0.15) is 23.6 Å². The molecule has 2 amide bonds. The summed E-state index contributed by atoms with van der Waals surface area (Å²) in [7, 11) is 3.16. The van der Waals surface area contributed by atoms with Crippen molar-refractivity contribution >= 4 is 11.8 Å². The Bertz CT molecular complexity index is 818. The van der Waals surface area contributed by atoms with Crippen LogP contribution in [0.25, 0.3) is 0 Å². The number of rotatable bonds is 8. The lowest BCUT2D eigenvalue weighted by molar-refractivity contribution is -0.142. The van der Waals surface area contributed by atoms with Crippen molar-refractivity contribution in [3.63, 3.8) is 0 Å². The number of hydrogen-bond acceptors (Lipinski definition) is 4. The lowest BCUT2D eigenvalue weighted by Gasteiger charge is -2.28. The number of nitrogens with zero attached hydrogens (tertiary/aromatic N) is 1. The zero-order chi connectivity index (χ0) is 20.7. The minimum absolute atomic E-state index is 0.137. The maximum Gasteiger partial charge on any atom is 0.261 e. The average Bonchev–Trinajstić information content (AvgIpc) is 2.71. The summed E-state index contributed by atoms with van der Waals surface area (Å²) < 4.78 is 10.9. The van der Waals surface area contributed by atoms with Crippen molar-refractivity contribution in [3.05, 3.63) is 59.2 Å². The molecule has 0 aromatic heterocycles. The molecule has 2 aromatic rings. The van der Waals surface area contributed by atoms with Gasteiger partial charge in [0.25, 0.3) is 5.91 Å². The third-order valence-corrected chi connectivity index (χ3v) is 4.62. The maximum atomic E-state index is 12.9. The number of ether oxygens (including phenoxy) is 2. The minimum Gasteiger partial charge on any atom is -0.497 e. The summed E-state index contributed by atoms with van der Waals surface area (Å²) in [4.78, 5) is 26.6. The van der Waals surface area contributed by atoms with Gasteiger partial charge in [0, 0.05) is 13.6 Å². The molecule has 1 N–H and O–H groups in total. The highest BCUT2D eigenvalue weighted by atomic mass is 16.5. The van der Waals surface area contributed by atoms with Gasteiger partial charge in [0.1, 0.15) is 17.5 Å². The molecule has 2 rings (SSSR count). The molecule has 0 aliphatic carbocycles. The van der Waals surface area contributed by atoms with Crippen molar-refractivity contribution in [2.75, 3.05) is 20.8 Å². The standard InChI is InChI=1S/C22H28N2O4/c1-15-6-7-16(2)20(12-15)28-14-21(25)24(17(3)22(26)23-4)13-18-8-10-19(27-5)11-9-18/h6-12,17H,13-14H2,1-5H3,(H,23,26)/t17-/m0/s1. The van der Waals surface area contributed by atoms with Crippen LogP contribution in [-0.4, -0.2) is 43.5 Å². The van der Waals surface area contributed by atoms with Gasteiger partial charge in [0.05, 0.1) is 7.11 Å². The fourth-order valence-electron chi connectivity index (χ4n) is 2.80. The van der Waals surface area contributed by atoms with Crippen LogP contribution in [0.2, 0.25) is 0 Å². The molecule has 6 heteroatoms. The van der Waals surface area contributed by atoms with Crippen LogP contribution in [-0.2, 0) is 16.1 Å². The Balaban J connectivity index is 2.15. The van der Waals surface area contributed by atoms with Crippen LogP contribution >= 0.6 is 0 Å². The predicted octanol–water partition coefficient (Wildman–Crippen LogP) is 2.85. The van der Waals surface area contributed by atoms with Crippen LogP contribution in [0.5, 0.6) is 11.5 Å². The molecule has 0 spiro atoms. The summed E-state index contributed by atoms with van der Waals surface area (Å²) in [5, 5.41) is 2.60. The fourth-order valence-corrected chi connectivity index (χ4v) is 2.80. The molecular weight excluding hydrogens is 356 g/mol. The molecule has 0 heterocycles. The first-order valence-electron chi connectivity index (χ1n) is 9.19. The van der Waals surface area contributed by atoms with Gasteiger partial charge in [-0.1, -0.05) is 24.3 Å². The van der Waals surface area contributed by atoms with E-state index in [2.05, 4.69) is 5.32 Å². The van der Waals surface area contributed by atoms with E-state index in [4.69, 9.17) is 9.47 Å². The van der Waals surface area contributed by atoms with Gasteiger partial charge >= 0.3 is 0 Å². The van der Waals surface area contributed by atoms with Crippen molar-refractivity contribution in [2.45, 2.75) is 33.4 Å². The van der Waals surface area contributed by atoms with E-state index in [1.165, 1.54) is 4.90 Å². The number of nitrogens with one attached hydrogen (secondary N) is 1. The Labute approximate surface area is 166 Å². The molecule has 0 fully saturated rings. The molecule has 2 aromatic carbocycles. The van der Waals surface area contributed by atoms with Gasteiger partial charge in [-0.25, -0.2) is 0 Å². The van der Waals surface area contributed by atoms with Gasteiger partial charge in [0.15, 0.2) is 6.61 Å². The van der Waals surface area contributed by atoms with Gasteiger partial charge in [-0.3, -0.25) is 9.59 Å². The molecule has 1 atom stereocenters. The van der Waals surface area contributed by atoms with E-state index in [9.17, 15) is 9.59 Å². The molecule has 0 aliphatic heterocycles. The normalized spacial score (nSPS) is 11.5. The first-order chi connectivity index (χ1) is 13.3. The first kappa shape index (κ1) is 21.3. The maximum absolute atomic E-state index is 12.9. The lowest BCUT2D eigenvalue weighted by atomic mass is 10.1. The summed E-state index contributed by atoms with van der Waals surface area (Å²) in [5.41, 5.74) is 2.91. The van der Waals surface area contributed by atoms with E-state index in [0.717, 1.165) is 22.4 Å². The van der Waals surface area contributed by atoms with Crippen LogP contribution in [0.4, 0.5) is 0 Å². The second-order valence-electron chi connectivity index (χ2n) is 6.72. The summed E-state index contributed by atoms with van der Waals surface area (Å²) in [6.45, 7) is 5.77. The topological polar surface area (TPSA) is 67.9 Å². The third-order valence-electron chi connectivity index (χ3n) is 4.62. The number of carbonyl (C=O) groups excluding carboxylic acids is 2. The van der Waals surface area contributed by atoms with Crippen molar-refractivity contribution in [1.29, 1.82) is 0 Å². The number of aryl methyl sites for hydroxylation is 2. The van der Waals surface area contributed by atoms with Crippen LogP contribution < -0.4 is 14.8 Å². The van der Waals surface area contributed by atoms with Crippen molar-refractivity contribution in [2.24, 2.45) is 0 Å². The third kappa shape index (κ3) is 5.49. The first-order valence-corrected chi connectivity index (χ1v) is 9.19. The van der Waals surface area contributed by atoms with Crippen LogP contribution in [0.15, 0.2) is 42.5 Å². The summed E-state index contributed by atoms with van der Waals surface area (Å²) in [5.74, 6) is 0.922. The molecule has 6 nitrogen and oxygen atoms in total. The average molecular weight is 384 g/mol. The Hall–Kier alpha value is -3.02. The van der Waals surface area contributed by atoms with Gasteiger partial charge in [-0.15, -0.1) is 0 Å². The van der Waals surface area contributed by atoms with E-state index in [1.807, 2.05) is 56.3 Å².